The zero-order chi connectivity index (χ0) is 11.3. The summed E-state index contributed by atoms with van der Waals surface area (Å²) in [5.74, 6) is 3.02. The molecule has 1 heterocycles. The SMILES string of the molecule is CC1=C[C@@H](C)[C@@H]2COC3(CCCC3)[C@H]1[C@@H]2C. The lowest BCUT2D eigenvalue weighted by molar-refractivity contribution is -0.160. The van der Waals surface area contributed by atoms with E-state index in [0.717, 1.165) is 18.4 Å². The van der Waals surface area contributed by atoms with E-state index >= 15 is 0 Å². The molecule has 0 amide bonds. The molecule has 0 aromatic carbocycles. The van der Waals surface area contributed by atoms with Gasteiger partial charge < -0.3 is 4.74 Å². The van der Waals surface area contributed by atoms with Gasteiger partial charge in [-0.2, -0.15) is 0 Å². The van der Waals surface area contributed by atoms with Gasteiger partial charge in [0.1, 0.15) is 0 Å². The van der Waals surface area contributed by atoms with E-state index < -0.39 is 0 Å². The van der Waals surface area contributed by atoms with Crippen molar-refractivity contribution in [1.29, 1.82) is 0 Å². The molecule has 1 spiro atoms. The Morgan fingerprint density at radius 1 is 1.25 bits per heavy atom. The van der Waals surface area contributed by atoms with Crippen LogP contribution in [0, 0.1) is 23.7 Å². The molecule has 1 aliphatic heterocycles. The van der Waals surface area contributed by atoms with Crippen LogP contribution in [0.1, 0.15) is 46.5 Å². The fourth-order valence-electron chi connectivity index (χ4n) is 4.76. The van der Waals surface area contributed by atoms with E-state index in [1.807, 2.05) is 0 Å². The lowest BCUT2D eigenvalue weighted by atomic mass is 9.61. The van der Waals surface area contributed by atoms with Crippen LogP contribution in [0.15, 0.2) is 11.6 Å². The predicted octanol–water partition coefficient (Wildman–Crippen LogP) is 3.79. The third-order valence-corrected chi connectivity index (χ3v) is 5.47. The molecule has 4 atom stereocenters. The highest BCUT2D eigenvalue weighted by Crippen LogP contribution is 2.54. The standard InChI is InChI=1S/C15H24O/c1-10-8-11(2)14-12(3)13(10)9-16-15(14)6-4-5-7-15/h8,10,12-14H,4-7,9H2,1-3H3/t10-,12-,13+,14-/m1/s1. The van der Waals surface area contributed by atoms with Gasteiger partial charge in [-0.25, -0.2) is 0 Å². The van der Waals surface area contributed by atoms with E-state index in [-0.39, 0.29) is 5.60 Å². The van der Waals surface area contributed by atoms with Crippen molar-refractivity contribution in [3.63, 3.8) is 0 Å². The highest BCUT2D eigenvalue weighted by atomic mass is 16.5. The summed E-state index contributed by atoms with van der Waals surface area (Å²) in [4.78, 5) is 0. The van der Waals surface area contributed by atoms with Gasteiger partial charge in [0.05, 0.1) is 12.2 Å². The molecule has 0 N–H and O–H groups in total. The van der Waals surface area contributed by atoms with Crippen LogP contribution in [0.4, 0.5) is 0 Å². The summed E-state index contributed by atoms with van der Waals surface area (Å²) < 4.78 is 6.36. The number of allylic oxidation sites excluding steroid dienone is 1. The fourth-order valence-corrected chi connectivity index (χ4v) is 4.76. The summed E-state index contributed by atoms with van der Waals surface area (Å²) in [6.45, 7) is 8.16. The van der Waals surface area contributed by atoms with Gasteiger partial charge in [0.2, 0.25) is 0 Å². The van der Waals surface area contributed by atoms with Crippen molar-refractivity contribution in [3.8, 4) is 0 Å². The van der Waals surface area contributed by atoms with Gasteiger partial charge in [-0.05, 0) is 37.5 Å². The third kappa shape index (κ3) is 1.33. The first-order valence-corrected chi connectivity index (χ1v) is 6.96. The van der Waals surface area contributed by atoms with Crippen LogP contribution in [-0.4, -0.2) is 12.2 Å². The van der Waals surface area contributed by atoms with Gasteiger partial charge >= 0.3 is 0 Å². The molecule has 1 heteroatoms. The van der Waals surface area contributed by atoms with Crippen LogP contribution < -0.4 is 0 Å². The van der Waals surface area contributed by atoms with Crippen LogP contribution in [0.2, 0.25) is 0 Å². The topological polar surface area (TPSA) is 9.23 Å². The lowest BCUT2D eigenvalue weighted by Gasteiger charge is -2.53. The predicted molar refractivity (Wildman–Crippen MR) is 66.2 cm³/mol. The van der Waals surface area contributed by atoms with E-state index in [0.29, 0.717) is 11.8 Å². The molecular weight excluding hydrogens is 196 g/mol. The van der Waals surface area contributed by atoms with Crippen LogP contribution in [-0.2, 0) is 4.74 Å². The minimum Gasteiger partial charge on any atom is -0.374 e. The molecule has 16 heavy (non-hydrogen) atoms. The second kappa shape index (κ2) is 3.60. The van der Waals surface area contributed by atoms with Crippen LogP contribution in [0.25, 0.3) is 0 Å². The number of fused-ring (bicyclic) bond motifs is 3. The highest BCUT2D eigenvalue weighted by molar-refractivity contribution is 5.21. The molecule has 3 rings (SSSR count). The van der Waals surface area contributed by atoms with Crippen molar-refractivity contribution in [2.24, 2.45) is 23.7 Å². The molecule has 2 fully saturated rings. The van der Waals surface area contributed by atoms with Crippen molar-refractivity contribution in [1.82, 2.24) is 0 Å². The van der Waals surface area contributed by atoms with Gasteiger partial charge in [-0.3, -0.25) is 0 Å². The first-order valence-electron chi connectivity index (χ1n) is 6.96. The Labute approximate surface area is 99.3 Å². The van der Waals surface area contributed by atoms with Crippen molar-refractivity contribution in [2.45, 2.75) is 52.1 Å². The Bertz CT molecular complexity index is 311. The molecule has 1 saturated heterocycles. The third-order valence-electron chi connectivity index (χ3n) is 5.47. The van der Waals surface area contributed by atoms with Gasteiger partial charge in [-0.1, -0.05) is 38.3 Å². The molecule has 0 aromatic heterocycles. The molecule has 2 aliphatic carbocycles. The van der Waals surface area contributed by atoms with Crippen LogP contribution in [0.5, 0.6) is 0 Å². The number of ether oxygens (including phenoxy) is 1. The molecule has 0 unspecified atom stereocenters. The molecule has 2 bridgehead atoms. The van der Waals surface area contributed by atoms with Gasteiger partial charge in [-0.15, -0.1) is 0 Å². The maximum absolute atomic E-state index is 6.36. The zero-order valence-electron chi connectivity index (χ0n) is 10.8. The first kappa shape index (κ1) is 10.8. The number of hydrogen-bond donors (Lipinski definition) is 0. The Morgan fingerprint density at radius 2 is 1.94 bits per heavy atom. The quantitative estimate of drug-likeness (QED) is 0.564. The highest BCUT2D eigenvalue weighted by Gasteiger charge is 2.52. The zero-order valence-corrected chi connectivity index (χ0v) is 10.8. The van der Waals surface area contributed by atoms with Crippen LogP contribution >= 0.6 is 0 Å². The summed E-state index contributed by atoms with van der Waals surface area (Å²) in [6.07, 6.45) is 7.87. The summed E-state index contributed by atoms with van der Waals surface area (Å²) in [7, 11) is 0. The van der Waals surface area contributed by atoms with Crippen LogP contribution in [0.3, 0.4) is 0 Å². The molecule has 0 aromatic rings. The maximum atomic E-state index is 6.36. The summed E-state index contributed by atoms with van der Waals surface area (Å²) >= 11 is 0. The Kier molecular flexibility index (Phi) is 2.43. The lowest BCUT2D eigenvalue weighted by Crippen LogP contribution is -2.53. The average Bonchev–Trinajstić information content (AvgIpc) is 2.65. The molecule has 90 valence electrons. The van der Waals surface area contributed by atoms with Crippen molar-refractivity contribution in [3.05, 3.63) is 11.6 Å². The van der Waals surface area contributed by atoms with Crippen molar-refractivity contribution in [2.75, 3.05) is 6.61 Å². The normalized spacial score (nSPS) is 45.8. The van der Waals surface area contributed by atoms with Crippen molar-refractivity contribution >= 4 is 0 Å². The molecular formula is C15H24O. The van der Waals surface area contributed by atoms with Gasteiger partial charge in [0.25, 0.3) is 0 Å². The van der Waals surface area contributed by atoms with Gasteiger partial charge in [0.15, 0.2) is 0 Å². The number of hydrogen-bond acceptors (Lipinski definition) is 1. The van der Waals surface area contributed by atoms with E-state index in [2.05, 4.69) is 26.8 Å². The Morgan fingerprint density at radius 3 is 2.62 bits per heavy atom. The van der Waals surface area contributed by atoms with E-state index in [1.54, 1.807) is 5.57 Å². The molecule has 1 nitrogen and oxygen atoms in total. The summed E-state index contributed by atoms with van der Waals surface area (Å²) in [6, 6.07) is 0. The average molecular weight is 220 g/mol. The van der Waals surface area contributed by atoms with E-state index in [1.165, 1.54) is 25.7 Å². The second-order valence-corrected chi connectivity index (χ2v) is 6.35. The summed E-state index contributed by atoms with van der Waals surface area (Å²) in [5.41, 5.74) is 1.84. The minimum atomic E-state index is 0.233. The smallest absolute Gasteiger partial charge is 0.0750 e. The molecule has 1 saturated carbocycles. The van der Waals surface area contributed by atoms with Gasteiger partial charge in [0, 0.05) is 5.92 Å². The van der Waals surface area contributed by atoms with E-state index in [4.69, 9.17) is 4.74 Å². The largest absolute Gasteiger partial charge is 0.374 e. The Hall–Kier alpha value is -0.300. The molecule has 3 aliphatic rings. The summed E-state index contributed by atoms with van der Waals surface area (Å²) in [5, 5.41) is 0. The van der Waals surface area contributed by atoms with E-state index in [9.17, 15) is 0 Å². The maximum Gasteiger partial charge on any atom is 0.0750 e. The number of rotatable bonds is 0. The first-order chi connectivity index (χ1) is 7.64. The monoisotopic (exact) mass is 220 g/mol. The minimum absolute atomic E-state index is 0.233. The fraction of sp³-hybridized carbons (Fsp3) is 0.867. The second-order valence-electron chi connectivity index (χ2n) is 6.35. The molecule has 0 radical (unpaired) electrons. The van der Waals surface area contributed by atoms with Crippen molar-refractivity contribution < 1.29 is 4.74 Å². The Balaban J connectivity index is 1.99.